The van der Waals surface area contributed by atoms with Crippen molar-refractivity contribution in [2.24, 2.45) is 10.7 Å². The first-order valence-corrected chi connectivity index (χ1v) is 1.70. The van der Waals surface area contributed by atoms with E-state index in [0.717, 1.165) is 0 Å². The highest BCUT2D eigenvalue weighted by Crippen LogP contribution is 1.71. The van der Waals surface area contributed by atoms with Gasteiger partial charge in [-0.05, 0) is 6.92 Å². The van der Waals surface area contributed by atoms with Crippen molar-refractivity contribution in [3.8, 4) is 0 Å². The number of hydrogen-bond donors (Lipinski definition) is 1. The van der Waals surface area contributed by atoms with E-state index in [9.17, 15) is 0 Å². The minimum absolute atomic E-state index is 0.359. The first-order valence-electron chi connectivity index (χ1n) is 1.70. The van der Waals surface area contributed by atoms with Crippen LogP contribution in [0.4, 0.5) is 0 Å². The second-order valence-electron chi connectivity index (χ2n) is 0.879. The lowest BCUT2D eigenvalue weighted by atomic mass is 10.8. The van der Waals surface area contributed by atoms with E-state index in [0.29, 0.717) is 5.82 Å². The van der Waals surface area contributed by atoms with Crippen molar-refractivity contribution in [1.82, 2.24) is 0 Å². The Bertz CT molecular complexity index is 73.6. The molecule has 0 atom stereocenters. The van der Waals surface area contributed by atoms with Crippen LogP contribution in [0.25, 0.3) is 0 Å². The highest BCUT2D eigenvalue weighted by Gasteiger charge is 1.63. The molecule has 0 unspecified atom stereocenters. The Kier molecular flexibility index (Phi) is 2.13. The predicted octanol–water partition coefficient (Wildman–Crippen LogP) is 0.507. The maximum atomic E-state index is 5.01. The smallest absolute Gasteiger partial charge is 0.115 e. The average Bonchev–Trinajstić information content (AvgIpc) is 1.35. The zero-order chi connectivity index (χ0) is 4.99. The molecule has 0 saturated heterocycles. The maximum Gasteiger partial charge on any atom is 0.115 e. The van der Waals surface area contributed by atoms with Crippen molar-refractivity contribution in [2.75, 3.05) is 0 Å². The van der Waals surface area contributed by atoms with Crippen molar-refractivity contribution in [1.29, 1.82) is 0 Å². The lowest BCUT2D eigenvalue weighted by molar-refractivity contribution is 1.27. The van der Waals surface area contributed by atoms with Gasteiger partial charge in [-0.25, -0.2) is 4.99 Å². The molecular weight excluding hydrogens is 76.1 g/mol. The summed E-state index contributed by atoms with van der Waals surface area (Å²) in [5.41, 5.74) is 5.01. The van der Waals surface area contributed by atoms with Crippen LogP contribution in [0.1, 0.15) is 6.92 Å². The van der Waals surface area contributed by atoms with Gasteiger partial charge in [0.1, 0.15) is 5.82 Å². The Morgan fingerprint density at radius 2 is 2.50 bits per heavy atom. The fraction of sp³-hybridized carbons (Fsp3) is 0.250. The molecule has 0 amide bonds. The van der Waals surface area contributed by atoms with E-state index in [2.05, 4.69) is 11.6 Å². The van der Waals surface area contributed by atoms with Gasteiger partial charge in [-0.3, -0.25) is 0 Å². The Labute approximate surface area is 37.4 Å². The molecule has 0 fully saturated rings. The molecule has 0 bridgehead atoms. The molecule has 34 valence electrons. The fourth-order valence-electron chi connectivity index (χ4n) is 0.166. The molecule has 0 aliphatic rings. The number of hydrogen-bond acceptors (Lipinski definition) is 2. The van der Waals surface area contributed by atoms with Crippen molar-refractivity contribution in [3.05, 3.63) is 12.4 Å². The van der Waals surface area contributed by atoms with Crippen molar-refractivity contribution in [3.63, 3.8) is 0 Å². The largest absolute Gasteiger partial charge is 0.384 e. The van der Waals surface area contributed by atoms with Crippen LogP contribution in [0.5, 0.6) is 0 Å². The van der Waals surface area contributed by atoms with Gasteiger partial charge >= 0.3 is 0 Å². The third-order valence-electron chi connectivity index (χ3n) is 0.295. The summed E-state index contributed by atoms with van der Waals surface area (Å²) in [7, 11) is 0. The van der Waals surface area contributed by atoms with Crippen LogP contribution >= 0.6 is 0 Å². The summed E-state index contributed by atoms with van der Waals surface area (Å²) in [4.78, 5) is 3.58. The second-order valence-corrected chi connectivity index (χ2v) is 0.879. The van der Waals surface area contributed by atoms with E-state index in [1.54, 1.807) is 13.1 Å². The maximum absolute atomic E-state index is 5.01. The molecular formula is C4H8N2. The van der Waals surface area contributed by atoms with Gasteiger partial charge in [-0.1, -0.05) is 6.58 Å². The molecule has 0 heterocycles. The minimum atomic E-state index is 0.359. The fourth-order valence-corrected chi connectivity index (χ4v) is 0.166. The average molecular weight is 84.1 g/mol. The molecule has 0 radical (unpaired) electrons. The van der Waals surface area contributed by atoms with Crippen LogP contribution in [0.2, 0.25) is 0 Å². The monoisotopic (exact) mass is 84.1 g/mol. The Morgan fingerprint density at radius 3 is 2.50 bits per heavy atom. The molecule has 6 heavy (non-hydrogen) atoms. The van der Waals surface area contributed by atoms with E-state index in [4.69, 9.17) is 5.73 Å². The number of aliphatic imine (C=N–C) groups is 1. The molecule has 2 nitrogen and oxygen atoms in total. The van der Waals surface area contributed by atoms with Crippen LogP contribution in [0, 0.1) is 0 Å². The third kappa shape index (κ3) is 3.21. The zero-order valence-corrected chi connectivity index (χ0v) is 3.81. The molecule has 0 saturated carbocycles. The van der Waals surface area contributed by atoms with Crippen molar-refractivity contribution >= 4 is 6.21 Å². The molecule has 0 aromatic rings. The minimum Gasteiger partial charge on any atom is -0.384 e. The van der Waals surface area contributed by atoms with Crippen molar-refractivity contribution in [2.45, 2.75) is 6.92 Å². The normalized spacial score (nSPS) is 9.50. The zero-order valence-electron chi connectivity index (χ0n) is 3.81. The first kappa shape index (κ1) is 5.21. The molecule has 0 rings (SSSR count). The predicted molar refractivity (Wildman–Crippen MR) is 27.5 cm³/mol. The van der Waals surface area contributed by atoms with Crippen molar-refractivity contribution < 1.29 is 0 Å². The summed E-state index contributed by atoms with van der Waals surface area (Å²) in [6.45, 7) is 5.11. The Hall–Kier alpha value is -0.790. The van der Waals surface area contributed by atoms with Gasteiger partial charge < -0.3 is 5.73 Å². The van der Waals surface area contributed by atoms with Gasteiger partial charge in [0.15, 0.2) is 0 Å². The number of nitrogens with zero attached hydrogens (tertiary/aromatic N) is 1. The van der Waals surface area contributed by atoms with Crippen LogP contribution < -0.4 is 5.73 Å². The lowest BCUT2D eigenvalue weighted by Gasteiger charge is -1.78. The van der Waals surface area contributed by atoms with E-state index in [1.165, 1.54) is 0 Å². The number of rotatable bonds is 1. The topological polar surface area (TPSA) is 38.4 Å². The quantitative estimate of drug-likeness (QED) is 0.462. The number of nitrogens with two attached hydrogens (primary N) is 1. The van der Waals surface area contributed by atoms with Gasteiger partial charge in [0.25, 0.3) is 0 Å². The van der Waals surface area contributed by atoms with Gasteiger partial charge in [0, 0.05) is 6.21 Å². The van der Waals surface area contributed by atoms with E-state index < -0.39 is 0 Å². The van der Waals surface area contributed by atoms with Crippen LogP contribution in [-0.4, -0.2) is 6.21 Å². The van der Waals surface area contributed by atoms with Crippen LogP contribution in [-0.2, 0) is 0 Å². The summed E-state index contributed by atoms with van der Waals surface area (Å²) in [5, 5.41) is 0. The standard InChI is InChI=1S/C4H8N2/c1-3-6-4(2)5/h3H,2,5H2,1H3/b6-3+. The molecule has 0 spiro atoms. The summed E-state index contributed by atoms with van der Waals surface area (Å²) >= 11 is 0. The second kappa shape index (κ2) is 2.45. The molecule has 2 heteroatoms. The third-order valence-corrected chi connectivity index (χ3v) is 0.295. The molecule has 0 aromatic heterocycles. The lowest BCUT2D eigenvalue weighted by Crippen LogP contribution is -1.88. The molecule has 0 aromatic carbocycles. The highest BCUT2D eigenvalue weighted by atomic mass is 14.9. The van der Waals surface area contributed by atoms with E-state index in [1.807, 2.05) is 0 Å². The summed E-state index contributed by atoms with van der Waals surface area (Å²) < 4.78 is 0. The Balaban J connectivity index is 3.30. The summed E-state index contributed by atoms with van der Waals surface area (Å²) in [6, 6.07) is 0. The first-order chi connectivity index (χ1) is 2.77. The molecule has 0 aliphatic carbocycles. The van der Waals surface area contributed by atoms with E-state index >= 15 is 0 Å². The van der Waals surface area contributed by atoms with Gasteiger partial charge in [0.05, 0.1) is 0 Å². The van der Waals surface area contributed by atoms with Gasteiger partial charge in [0.2, 0.25) is 0 Å². The SMILES string of the molecule is C=C(N)/N=C/C. The highest BCUT2D eigenvalue weighted by molar-refractivity contribution is 5.54. The molecule has 0 aliphatic heterocycles. The molecule has 2 N–H and O–H groups in total. The van der Waals surface area contributed by atoms with E-state index in [-0.39, 0.29) is 0 Å². The summed E-state index contributed by atoms with van der Waals surface area (Å²) in [5.74, 6) is 0.359. The Morgan fingerprint density at radius 1 is 2.00 bits per heavy atom. The van der Waals surface area contributed by atoms with Crippen LogP contribution in [0.15, 0.2) is 17.4 Å². The van der Waals surface area contributed by atoms with Gasteiger partial charge in [-0.2, -0.15) is 0 Å². The summed E-state index contributed by atoms with van der Waals surface area (Å²) in [6.07, 6.45) is 1.60. The van der Waals surface area contributed by atoms with Gasteiger partial charge in [-0.15, -0.1) is 0 Å². The van der Waals surface area contributed by atoms with Crippen LogP contribution in [0.3, 0.4) is 0 Å².